The van der Waals surface area contributed by atoms with E-state index in [1.54, 1.807) is 0 Å². The number of rotatable bonds is 16. The van der Waals surface area contributed by atoms with E-state index < -0.39 is 0 Å². The largest absolute Gasteiger partial charge is 0.306 e. The van der Waals surface area contributed by atoms with Crippen molar-refractivity contribution in [1.29, 1.82) is 0 Å². The van der Waals surface area contributed by atoms with E-state index in [1.165, 1.54) is 153 Å². The molecule has 0 aliphatic carbocycles. The van der Waals surface area contributed by atoms with Crippen LogP contribution in [0, 0.1) is 0 Å². The van der Waals surface area contributed by atoms with Crippen molar-refractivity contribution in [2.75, 3.05) is 0 Å². The fraction of sp³-hybridized carbons (Fsp3) is 0.400. The lowest BCUT2D eigenvalue weighted by atomic mass is 10.0. The topological polar surface area (TPSA) is 9.86 Å². The molecule has 0 aliphatic heterocycles. The maximum absolute atomic E-state index is 2.54. The number of aromatic nitrogens is 2. The standard InChI is InChI=1S/C40H46N2S3/c1-3-5-7-9-11-13-15-29-17-21-31(22-18-29)41-33-25-27-43-37(33)39-35(41)36-40(45-39)38-34(26-28-44-38)42(36)32-23-19-30(20-24-32)16-14-12-10-8-6-4-2/h17-28H,3-16H2,1-2H3. The molecule has 0 fully saturated rings. The third-order valence-corrected chi connectivity index (χ3v) is 12.8. The summed E-state index contributed by atoms with van der Waals surface area (Å²) in [5.41, 5.74) is 10.8. The fourth-order valence-corrected chi connectivity index (χ4v) is 10.4. The molecule has 0 N–H and O–H groups in total. The maximum Gasteiger partial charge on any atom is 0.0908 e. The zero-order valence-corrected chi connectivity index (χ0v) is 29.4. The van der Waals surface area contributed by atoms with E-state index in [1.807, 2.05) is 34.0 Å². The van der Waals surface area contributed by atoms with Gasteiger partial charge in [0.2, 0.25) is 0 Å². The quantitative estimate of drug-likeness (QED) is 0.0921. The van der Waals surface area contributed by atoms with Gasteiger partial charge in [-0.2, -0.15) is 0 Å². The van der Waals surface area contributed by atoms with Crippen molar-refractivity contribution in [3.05, 3.63) is 82.6 Å². The van der Waals surface area contributed by atoms with Crippen LogP contribution in [0.25, 0.3) is 52.2 Å². The van der Waals surface area contributed by atoms with Crippen molar-refractivity contribution < 1.29 is 0 Å². The Balaban J connectivity index is 1.22. The molecule has 0 saturated heterocycles. The molecule has 0 atom stereocenters. The maximum atomic E-state index is 2.54. The van der Waals surface area contributed by atoms with Gasteiger partial charge in [-0.1, -0.05) is 102 Å². The van der Waals surface area contributed by atoms with Crippen LogP contribution in [0.2, 0.25) is 0 Å². The summed E-state index contributed by atoms with van der Waals surface area (Å²) in [6.07, 6.45) is 18.5. The second-order valence-corrected chi connectivity index (χ2v) is 15.6. The predicted octanol–water partition coefficient (Wildman–Crippen LogP) is 13.9. The SMILES string of the molecule is CCCCCCCCc1ccc(-n2c3ccsc3c3sc4c5sccc5n(-c5ccc(CCCCCCCC)cc5)c4c32)cc1. The molecule has 2 aromatic carbocycles. The van der Waals surface area contributed by atoms with E-state index in [2.05, 4.69) is 94.4 Å². The molecule has 2 nitrogen and oxygen atoms in total. The number of nitrogens with zero attached hydrogens (tertiary/aromatic N) is 2. The van der Waals surface area contributed by atoms with Crippen LogP contribution in [0.5, 0.6) is 0 Å². The zero-order valence-electron chi connectivity index (χ0n) is 26.9. The monoisotopic (exact) mass is 650 g/mol. The smallest absolute Gasteiger partial charge is 0.0908 e. The van der Waals surface area contributed by atoms with E-state index in [0.29, 0.717) is 0 Å². The van der Waals surface area contributed by atoms with Crippen LogP contribution in [0.1, 0.15) is 102 Å². The average molecular weight is 651 g/mol. The number of aryl methyl sites for hydroxylation is 2. The Morgan fingerprint density at radius 2 is 0.844 bits per heavy atom. The molecule has 0 spiro atoms. The predicted molar refractivity (Wildman–Crippen MR) is 203 cm³/mol. The Morgan fingerprint density at radius 3 is 1.27 bits per heavy atom. The van der Waals surface area contributed by atoms with Gasteiger partial charge in [-0.15, -0.1) is 34.0 Å². The van der Waals surface area contributed by atoms with Crippen LogP contribution in [0.4, 0.5) is 0 Å². The molecule has 45 heavy (non-hydrogen) atoms. The minimum Gasteiger partial charge on any atom is -0.306 e. The third-order valence-electron chi connectivity index (χ3n) is 9.52. The summed E-state index contributed by atoms with van der Waals surface area (Å²) in [6, 6.07) is 23.6. The van der Waals surface area contributed by atoms with E-state index in [0.717, 1.165) is 0 Å². The molecule has 5 heterocycles. The first-order valence-electron chi connectivity index (χ1n) is 17.4. The molecular formula is C40H46N2S3. The summed E-state index contributed by atoms with van der Waals surface area (Å²) in [5.74, 6) is 0. The van der Waals surface area contributed by atoms with Gasteiger partial charge in [0.1, 0.15) is 0 Å². The van der Waals surface area contributed by atoms with Crippen LogP contribution in [-0.4, -0.2) is 9.13 Å². The summed E-state index contributed by atoms with van der Waals surface area (Å²) >= 11 is 5.75. The van der Waals surface area contributed by atoms with Crippen molar-refractivity contribution in [3.63, 3.8) is 0 Å². The van der Waals surface area contributed by atoms with Gasteiger partial charge in [-0.25, -0.2) is 0 Å². The van der Waals surface area contributed by atoms with Crippen LogP contribution in [0.3, 0.4) is 0 Å². The summed E-state index contributed by atoms with van der Waals surface area (Å²) < 4.78 is 10.7. The third kappa shape index (κ3) is 6.16. The normalized spacial score (nSPS) is 12.1. The highest BCUT2D eigenvalue weighted by Gasteiger charge is 2.25. The van der Waals surface area contributed by atoms with Crippen molar-refractivity contribution in [2.45, 2.75) is 104 Å². The Hall–Kier alpha value is -2.86. The molecular weight excluding hydrogens is 605 g/mol. The number of hydrogen-bond acceptors (Lipinski definition) is 3. The number of thiophene rings is 3. The summed E-state index contributed by atoms with van der Waals surface area (Å²) in [5, 5.41) is 4.52. The van der Waals surface area contributed by atoms with E-state index in [9.17, 15) is 0 Å². The second-order valence-electron chi connectivity index (χ2n) is 12.8. The zero-order chi connectivity index (χ0) is 30.6. The van der Waals surface area contributed by atoms with Crippen molar-refractivity contribution in [1.82, 2.24) is 9.13 Å². The Kier molecular flexibility index (Phi) is 9.76. The first-order chi connectivity index (χ1) is 22.3. The van der Waals surface area contributed by atoms with Gasteiger partial charge in [0.05, 0.1) is 40.9 Å². The Labute approximate surface area is 280 Å². The Morgan fingerprint density at radius 1 is 0.444 bits per heavy atom. The van der Waals surface area contributed by atoms with Crippen LogP contribution in [-0.2, 0) is 12.8 Å². The molecule has 5 heteroatoms. The second kappa shape index (κ2) is 14.3. The highest BCUT2D eigenvalue weighted by Crippen LogP contribution is 2.49. The highest BCUT2D eigenvalue weighted by atomic mass is 32.1. The minimum absolute atomic E-state index is 1.18. The van der Waals surface area contributed by atoms with E-state index >= 15 is 0 Å². The average Bonchev–Trinajstić information content (AvgIpc) is 3.88. The molecule has 0 amide bonds. The molecule has 7 rings (SSSR count). The molecule has 234 valence electrons. The van der Waals surface area contributed by atoms with Crippen LogP contribution >= 0.6 is 34.0 Å². The van der Waals surface area contributed by atoms with Gasteiger partial charge in [0.15, 0.2) is 0 Å². The van der Waals surface area contributed by atoms with Gasteiger partial charge < -0.3 is 9.13 Å². The van der Waals surface area contributed by atoms with Crippen molar-refractivity contribution >= 4 is 74.9 Å². The van der Waals surface area contributed by atoms with Gasteiger partial charge in [-0.05, 0) is 84.0 Å². The molecule has 0 unspecified atom stereocenters. The molecule has 0 bridgehead atoms. The number of fused-ring (bicyclic) bond motifs is 7. The molecule has 5 aromatic heterocycles. The van der Waals surface area contributed by atoms with Crippen molar-refractivity contribution in [2.24, 2.45) is 0 Å². The van der Waals surface area contributed by atoms with Gasteiger partial charge >= 0.3 is 0 Å². The van der Waals surface area contributed by atoms with Gasteiger partial charge in [0, 0.05) is 11.4 Å². The molecule has 0 aliphatic rings. The van der Waals surface area contributed by atoms with E-state index in [-0.39, 0.29) is 0 Å². The first kappa shape index (κ1) is 30.8. The lowest BCUT2D eigenvalue weighted by Gasteiger charge is -2.11. The molecule has 7 aromatic rings. The van der Waals surface area contributed by atoms with Gasteiger partial charge in [-0.3, -0.25) is 0 Å². The number of unbranched alkanes of at least 4 members (excludes halogenated alkanes) is 10. The number of benzene rings is 2. The van der Waals surface area contributed by atoms with Crippen LogP contribution in [0.15, 0.2) is 71.4 Å². The van der Waals surface area contributed by atoms with Crippen LogP contribution < -0.4 is 0 Å². The van der Waals surface area contributed by atoms with E-state index in [4.69, 9.17) is 0 Å². The van der Waals surface area contributed by atoms with Gasteiger partial charge in [0.25, 0.3) is 0 Å². The Bertz CT molecular complexity index is 1830. The minimum atomic E-state index is 1.18. The number of hydrogen-bond donors (Lipinski definition) is 0. The highest BCUT2D eigenvalue weighted by molar-refractivity contribution is 7.33. The van der Waals surface area contributed by atoms with Crippen molar-refractivity contribution in [3.8, 4) is 11.4 Å². The lowest BCUT2D eigenvalue weighted by Crippen LogP contribution is -1.98. The summed E-state index contributed by atoms with van der Waals surface area (Å²) in [4.78, 5) is 0. The fourth-order valence-electron chi connectivity index (χ4n) is 7.05. The molecule has 0 radical (unpaired) electrons. The molecule has 0 saturated carbocycles. The first-order valence-corrected chi connectivity index (χ1v) is 20.0. The summed E-state index contributed by atoms with van der Waals surface area (Å²) in [6.45, 7) is 4.58. The summed E-state index contributed by atoms with van der Waals surface area (Å²) in [7, 11) is 0. The lowest BCUT2D eigenvalue weighted by molar-refractivity contribution is 0.607.